The molecule has 0 saturated heterocycles. The number of primary sulfonamides is 1. The number of benzene rings is 1. The minimum absolute atomic E-state index is 0.179. The van der Waals surface area contributed by atoms with E-state index in [4.69, 9.17) is 9.88 Å². The highest BCUT2D eigenvalue weighted by molar-refractivity contribution is 7.89. The van der Waals surface area contributed by atoms with Crippen LogP contribution in [0.5, 0.6) is 5.75 Å². The lowest BCUT2D eigenvalue weighted by atomic mass is 9.87. The van der Waals surface area contributed by atoms with Gasteiger partial charge in [0.15, 0.2) is 0 Å². The molecular formula is C13H19NO3S. The van der Waals surface area contributed by atoms with Crippen LogP contribution in [0.3, 0.4) is 0 Å². The fraction of sp³-hybridized carbons (Fsp3) is 0.538. The molecular weight excluding hydrogens is 250 g/mol. The van der Waals surface area contributed by atoms with Gasteiger partial charge in [-0.15, -0.1) is 0 Å². The third kappa shape index (κ3) is 3.03. The maximum Gasteiger partial charge on any atom is 0.238 e. The Hall–Kier alpha value is -1.07. The van der Waals surface area contributed by atoms with E-state index in [1.807, 2.05) is 20.8 Å². The lowest BCUT2D eigenvalue weighted by Crippen LogP contribution is -2.21. The third-order valence-corrected chi connectivity index (χ3v) is 3.86. The molecule has 2 rings (SSSR count). The van der Waals surface area contributed by atoms with Gasteiger partial charge in [0.25, 0.3) is 0 Å². The van der Waals surface area contributed by atoms with Gasteiger partial charge in [-0.3, -0.25) is 0 Å². The van der Waals surface area contributed by atoms with Gasteiger partial charge in [-0.2, -0.15) is 0 Å². The molecule has 4 nitrogen and oxygen atoms in total. The zero-order valence-electron chi connectivity index (χ0n) is 10.9. The zero-order valence-corrected chi connectivity index (χ0v) is 11.8. The van der Waals surface area contributed by atoms with Crippen LogP contribution in [0.15, 0.2) is 23.1 Å². The summed E-state index contributed by atoms with van der Waals surface area (Å²) in [6, 6.07) is 5.00. The van der Waals surface area contributed by atoms with Crippen molar-refractivity contribution in [3.05, 3.63) is 23.8 Å². The Kier molecular flexibility index (Phi) is 3.15. The maximum absolute atomic E-state index is 11.6. The van der Waals surface area contributed by atoms with Crippen LogP contribution in [-0.2, 0) is 15.4 Å². The topological polar surface area (TPSA) is 69.4 Å². The van der Waals surface area contributed by atoms with Crippen molar-refractivity contribution in [3.63, 3.8) is 0 Å². The maximum atomic E-state index is 11.6. The molecule has 5 heteroatoms. The van der Waals surface area contributed by atoms with Gasteiger partial charge in [-0.05, 0) is 42.0 Å². The summed E-state index contributed by atoms with van der Waals surface area (Å²) in [5.41, 5.74) is 0.396. The van der Waals surface area contributed by atoms with Crippen LogP contribution in [0, 0.1) is 0 Å². The molecule has 0 bridgehead atoms. The summed E-state index contributed by atoms with van der Waals surface area (Å²) in [4.78, 5) is 0.179. The highest BCUT2D eigenvalue weighted by Gasteiger charge is 2.27. The molecule has 1 saturated carbocycles. The Bertz CT molecular complexity index is 554. The molecule has 0 radical (unpaired) electrons. The van der Waals surface area contributed by atoms with Crippen molar-refractivity contribution in [2.24, 2.45) is 5.14 Å². The Labute approximate surface area is 108 Å². The Morgan fingerprint density at radius 1 is 1.28 bits per heavy atom. The standard InChI is InChI=1S/C13H19NO3S/c1-13(2,3)11-8-10(17-9-4-5-9)6-7-12(11)18(14,15)16/h6-9H,4-5H2,1-3H3,(H2,14,15,16). The molecule has 1 aliphatic carbocycles. The zero-order chi connectivity index (χ0) is 13.6. The molecule has 1 aromatic rings. The van der Waals surface area contributed by atoms with E-state index in [1.165, 1.54) is 6.07 Å². The smallest absolute Gasteiger partial charge is 0.238 e. The summed E-state index contributed by atoms with van der Waals surface area (Å²) >= 11 is 0. The molecule has 0 aromatic heterocycles. The van der Waals surface area contributed by atoms with Gasteiger partial charge >= 0.3 is 0 Å². The first-order valence-corrected chi connectivity index (χ1v) is 7.56. The highest BCUT2D eigenvalue weighted by Crippen LogP contribution is 2.34. The first kappa shape index (κ1) is 13.4. The van der Waals surface area contributed by atoms with E-state index in [-0.39, 0.29) is 16.4 Å². The number of hydrogen-bond acceptors (Lipinski definition) is 3. The Morgan fingerprint density at radius 3 is 2.33 bits per heavy atom. The number of hydrogen-bond donors (Lipinski definition) is 1. The van der Waals surface area contributed by atoms with E-state index in [9.17, 15) is 8.42 Å². The van der Waals surface area contributed by atoms with Crippen LogP contribution in [0.4, 0.5) is 0 Å². The van der Waals surface area contributed by atoms with Crippen molar-refractivity contribution in [2.45, 2.75) is 50.0 Å². The van der Waals surface area contributed by atoms with Crippen molar-refractivity contribution >= 4 is 10.0 Å². The molecule has 0 amide bonds. The van der Waals surface area contributed by atoms with Crippen LogP contribution < -0.4 is 9.88 Å². The molecule has 0 atom stereocenters. The summed E-state index contributed by atoms with van der Waals surface area (Å²) in [6.45, 7) is 5.87. The van der Waals surface area contributed by atoms with Crippen molar-refractivity contribution in [2.75, 3.05) is 0 Å². The molecule has 1 aliphatic rings. The van der Waals surface area contributed by atoms with Gasteiger partial charge in [-0.25, -0.2) is 13.6 Å². The normalized spacial score (nSPS) is 16.7. The minimum Gasteiger partial charge on any atom is -0.490 e. The van der Waals surface area contributed by atoms with Crippen molar-refractivity contribution in [1.82, 2.24) is 0 Å². The summed E-state index contributed by atoms with van der Waals surface area (Å²) < 4.78 is 28.9. The van der Waals surface area contributed by atoms with Crippen molar-refractivity contribution in [1.29, 1.82) is 0 Å². The molecule has 0 spiro atoms. The van der Waals surface area contributed by atoms with Crippen LogP contribution in [0.2, 0.25) is 0 Å². The average molecular weight is 269 g/mol. The Balaban J connectivity index is 2.47. The summed E-state index contributed by atoms with van der Waals surface area (Å²) in [5.74, 6) is 0.717. The fourth-order valence-electron chi connectivity index (χ4n) is 1.79. The third-order valence-electron chi connectivity index (χ3n) is 2.89. The van der Waals surface area contributed by atoms with E-state index in [0.29, 0.717) is 5.56 Å². The first-order chi connectivity index (χ1) is 8.18. The molecule has 100 valence electrons. The minimum atomic E-state index is -3.70. The van der Waals surface area contributed by atoms with Crippen LogP contribution in [0.1, 0.15) is 39.2 Å². The lowest BCUT2D eigenvalue weighted by molar-refractivity contribution is 0.302. The predicted octanol–water partition coefficient (Wildman–Crippen LogP) is 2.17. The van der Waals surface area contributed by atoms with Gasteiger partial charge in [0.1, 0.15) is 5.75 Å². The molecule has 0 aliphatic heterocycles. The molecule has 1 fully saturated rings. The van der Waals surface area contributed by atoms with Gasteiger partial charge < -0.3 is 4.74 Å². The predicted molar refractivity (Wildman–Crippen MR) is 70.2 cm³/mol. The van der Waals surface area contributed by atoms with Gasteiger partial charge in [0, 0.05) is 0 Å². The van der Waals surface area contributed by atoms with E-state index in [0.717, 1.165) is 18.6 Å². The molecule has 0 heterocycles. The van der Waals surface area contributed by atoms with Gasteiger partial charge in [-0.1, -0.05) is 20.8 Å². The van der Waals surface area contributed by atoms with E-state index in [1.54, 1.807) is 12.1 Å². The summed E-state index contributed by atoms with van der Waals surface area (Å²) in [7, 11) is -3.70. The molecule has 2 N–H and O–H groups in total. The number of sulfonamides is 1. The second kappa shape index (κ2) is 4.24. The summed E-state index contributed by atoms with van der Waals surface area (Å²) in [5, 5.41) is 5.25. The number of rotatable bonds is 3. The highest BCUT2D eigenvalue weighted by atomic mass is 32.2. The summed E-state index contributed by atoms with van der Waals surface area (Å²) in [6.07, 6.45) is 2.43. The van der Waals surface area contributed by atoms with Crippen molar-refractivity contribution < 1.29 is 13.2 Å². The van der Waals surface area contributed by atoms with E-state index >= 15 is 0 Å². The van der Waals surface area contributed by atoms with Crippen LogP contribution >= 0.6 is 0 Å². The van der Waals surface area contributed by atoms with Crippen LogP contribution in [-0.4, -0.2) is 14.5 Å². The monoisotopic (exact) mass is 269 g/mol. The van der Waals surface area contributed by atoms with Gasteiger partial charge in [0.2, 0.25) is 10.0 Å². The molecule has 1 aromatic carbocycles. The van der Waals surface area contributed by atoms with E-state index in [2.05, 4.69) is 0 Å². The molecule has 0 unspecified atom stereocenters. The second-order valence-corrected chi connectivity index (χ2v) is 7.30. The number of nitrogens with two attached hydrogens (primary N) is 1. The number of ether oxygens (including phenoxy) is 1. The second-order valence-electron chi connectivity index (χ2n) is 5.77. The molecule has 18 heavy (non-hydrogen) atoms. The van der Waals surface area contributed by atoms with Crippen LogP contribution in [0.25, 0.3) is 0 Å². The lowest BCUT2D eigenvalue weighted by Gasteiger charge is -2.22. The Morgan fingerprint density at radius 2 is 1.89 bits per heavy atom. The SMILES string of the molecule is CC(C)(C)c1cc(OC2CC2)ccc1S(N)(=O)=O. The fourth-order valence-corrected chi connectivity index (χ4v) is 2.72. The average Bonchev–Trinajstić information content (AvgIpc) is 2.98. The largest absolute Gasteiger partial charge is 0.490 e. The quantitative estimate of drug-likeness (QED) is 0.914. The van der Waals surface area contributed by atoms with Gasteiger partial charge in [0.05, 0.1) is 11.0 Å². The van der Waals surface area contributed by atoms with E-state index < -0.39 is 10.0 Å². The first-order valence-electron chi connectivity index (χ1n) is 6.02. The van der Waals surface area contributed by atoms with Crippen molar-refractivity contribution in [3.8, 4) is 5.75 Å².